The molecule has 1 aromatic carbocycles. The average Bonchev–Trinajstić information content (AvgIpc) is 2.89. The summed E-state index contributed by atoms with van der Waals surface area (Å²) >= 11 is 1.39. The molecule has 0 aliphatic heterocycles. The van der Waals surface area contributed by atoms with E-state index in [1.165, 1.54) is 17.4 Å². The number of nitrogens with one attached hydrogen (secondary N) is 1. The van der Waals surface area contributed by atoms with Crippen LogP contribution in [0.1, 0.15) is 11.3 Å². The third kappa shape index (κ3) is 4.32. The lowest BCUT2D eigenvalue weighted by atomic mass is 10.2. The fourth-order valence-electron chi connectivity index (χ4n) is 1.66. The van der Waals surface area contributed by atoms with Crippen LogP contribution in [0.15, 0.2) is 29.7 Å². The van der Waals surface area contributed by atoms with Crippen LogP contribution in [0.2, 0.25) is 0 Å². The van der Waals surface area contributed by atoms with E-state index in [9.17, 15) is 4.79 Å². The summed E-state index contributed by atoms with van der Waals surface area (Å²) in [4.78, 5) is 16.0. The number of hydrogen-bond acceptors (Lipinski definition) is 5. The number of benzene rings is 1. The number of carbonyl (C=O) groups is 1. The molecule has 110 valence electrons. The van der Waals surface area contributed by atoms with Gasteiger partial charge in [-0.1, -0.05) is 0 Å². The minimum Gasteiger partial charge on any atom is -0.497 e. The second-order valence-corrected chi connectivity index (χ2v) is 5.12. The molecule has 2 aromatic rings. The first kappa shape index (κ1) is 15.1. The van der Waals surface area contributed by atoms with Gasteiger partial charge < -0.3 is 9.47 Å². The molecule has 1 heterocycles. The second-order valence-electron chi connectivity index (χ2n) is 4.26. The number of carbonyl (C=O) groups excluding carboxylic acids is 1. The normalized spacial score (nSPS) is 10.6. The number of rotatable bonds is 5. The van der Waals surface area contributed by atoms with Crippen molar-refractivity contribution < 1.29 is 14.3 Å². The molecule has 0 saturated carbocycles. The summed E-state index contributed by atoms with van der Waals surface area (Å²) in [5.41, 5.74) is 1.70. The molecular formula is C15H16N2O3S. The largest absolute Gasteiger partial charge is 0.497 e. The van der Waals surface area contributed by atoms with Crippen molar-refractivity contribution in [3.63, 3.8) is 0 Å². The van der Waals surface area contributed by atoms with E-state index in [-0.39, 0.29) is 5.91 Å². The number of hydrogen-bond donors (Lipinski definition) is 1. The van der Waals surface area contributed by atoms with Crippen LogP contribution in [0.4, 0.5) is 5.13 Å². The van der Waals surface area contributed by atoms with Gasteiger partial charge in [0.1, 0.15) is 11.5 Å². The maximum atomic E-state index is 11.8. The molecule has 6 heteroatoms. The van der Waals surface area contributed by atoms with Gasteiger partial charge in [0.25, 0.3) is 0 Å². The zero-order valence-electron chi connectivity index (χ0n) is 12.0. The number of aromatic nitrogens is 1. The Morgan fingerprint density at radius 3 is 2.43 bits per heavy atom. The molecule has 2 rings (SSSR count). The Morgan fingerprint density at radius 2 is 1.90 bits per heavy atom. The first-order valence-corrected chi connectivity index (χ1v) is 7.13. The van der Waals surface area contributed by atoms with E-state index in [0.717, 1.165) is 11.3 Å². The minimum absolute atomic E-state index is 0.230. The predicted molar refractivity (Wildman–Crippen MR) is 84.1 cm³/mol. The van der Waals surface area contributed by atoms with E-state index in [1.807, 2.05) is 24.4 Å². The highest BCUT2D eigenvalue weighted by Gasteiger charge is 2.03. The third-order valence-corrected chi connectivity index (χ3v) is 3.53. The van der Waals surface area contributed by atoms with Crippen molar-refractivity contribution in [2.75, 3.05) is 19.5 Å². The highest BCUT2D eigenvalue weighted by atomic mass is 32.1. The summed E-state index contributed by atoms with van der Waals surface area (Å²) in [5, 5.41) is 5.18. The first-order valence-electron chi connectivity index (χ1n) is 6.25. The van der Waals surface area contributed by atoms with Gasteiger partial charge in [-0.05, 0) is 30.7 Å². The Balaban J connectivity index is 2.07. The smallest absolute Gasteiger partial charge is 0.250 e. The molecule has 0 aliphatic carbocycles. The Morgan fingerprint density at radius 1 is 1.24 bits per heavy atom. The molecule has 0 bridgehead atoms. The van der Waals surface area contributed by atoms with Crippen LogP contribution >= 0.6 is 11.3 Å². The molecule has 0 atom stereocenters. The summed E-state index contributed by atoms with van der Waals surface area (Å²) in [6.45, 7) is 1.88. The molecule has 0 aliphatic rings. The number of aryl methyl sites for hydroxylation is 1. The number of amides is 1. The van der Waals surface area contributed by atoms with Gasteiger partial charge in [0.2, 0.25) is 5.91 Å². The first-order chi connectivity index (χ1) is 10.1. The number of ether oxygens (including phenoxy) is 2. The molecule has 1 aromatic heterocycles. The van der Waals surface area contributed by atoms with Crippen molar-refractivity contribution >= 4 is 28.5 Å². The topological polar surface area (TPSA) is 60.5 Å². The number of nitrogens with zero attached hydrogens (tertiary/aromatic N) is 1. The molecule has 21 heavy (non-hydrogen) atoms. The number of thiazole rings is 1. The van der Waals surface area contributed by atoms with Crippen LogP contribution in [0.5, 0.6) is 11.5 Å². The lowest BCUT2D eigenvalue weighted by Gasteiger charge is -2.05. The Labute approximate surface area is 127 Å². The van der Waals surface area contributed by atoms with Crippen molar-refractivity contribution in [3.8, 4) is 11.5 Å². The van der Waals surface area contributed by atoms with Gasteiger partial charge in [-0.2, -0.15) is 0 Å². The molecule has 0 unspecified atom stereocenters. The zero-order valence-corrected chi connectivity index (χ0v) is 12.9. The van der Waals surface area contributed by atoms with Gasteiger partial charge >= 0.3 is 0 Å². The summed E-state index contributed by atoms with van der Waals surface area (Å²) < 4.78 is 10.4. The minimum atomic E-state index is -0.230. The van der Waals surface area contributed by atoms with Crippen molar-refractivity contribution in [3.05, 3.63) is 40.9 Å². The van der Waals surface area contributed by atoms with Crippen LogP contribution in [0, 0.1) is 6.92 Å². The Bertz CT molecular complexity index is 642. The van der Waals surface area contributed by atoms with Gasteiger partial charge in [-0.3, -0.25) is 10.1 Å². The van der Waals surface area contributed by atoms with Crippen LogP contribution in [-0.2, 0) is 4.79 Å². The van der Waals surface area contributed by atoms with E-state index >= 15 is 0 Å². The average molecular weight is 304 g/mol. The molecule has 0 spiro atoms. The summed E-state index contributed by atoms with van der Waals surface area (Å²) in [5.74, 6) is 1.11. The van der Waals surface area contributed by atoms with E-state index < -0.39 is 0 Å². The fourth-order valence-corrected chi connectivity index (χ4v) is 2.35. The lowest BCUT2D eigenvalue weighted by Crippen LogP contribution is -2.07. The maximum Gasteiger partial charge on any atom is 0.250 e. The summed E-state index contributed by atoms with van der Waals surface area (Å²) in [6.07, 6.45) is 3.14. The van der Waals surface area contributed by atoms with Gasteiger partial charge in [-0.25, -0.2) is 4.98 Å². The maximum absolute atomic E-state index is 11.8. The monoisotopic (exact) mass is 304 g/mol. The zero-order chi connectivity index (χ0) is 15.2. The van der Waals surface area contributed by atoms with Crippen molar-refractivity contribution in [1.82, 2.24) is 4.98 Å². The van der Waals surface area contributed by atoms with E-state index in [2.05, 4.69) is 10.3 Å². The Hall–Kier alpha value is -2.34. The van der Waals surface area contributed by atoms with Crippen molar-refractivity contribution in [2.45, 2.75) is 6.92 Å². The van der Waals surface area contributed by atoms with E-state index in [0.29, 0.717) is 16.6 Å². The number of anilines is 1. The molecule has 0 radical (unpaired) electrons. The van der Waals surface area contributed by atoms with E-state index in [4.69, 9.17) is 9.47 Å². The molecule has 0 saturated heterocycles. The third-order valence-electron chi connectivity index (χ3n) is 2.65. The summed E-state index contributed by atoms with van der Waals surface area (Å²) in [7, 11) is 3.17. The van der Waals surface area contributed by atoms with Crippen LogP contribution in [0.3, 0.4) is 0 Å². The van der Waals surface area contributed by atoms with Crippen LogP contribution < -0.4 is 14.8 Å². The standard InChI is InChI=1S/C15H16N2O3S/c1-10-9-21-15(16-10)17-14(18)5-4-11-6-12(19-2)8-13(7-11)20-3/h4-9H,1-3H3,(H,16,17,18). The fraction of sp³-hybridized carbons (Fsp3) is 0.200. The SMILES string of the molecule is COc1cc(C=CC(=O)Nc2nc(C)cs2)cc(OC)c1. The summed E-state index contributed by atoms with van der Waals surface area (Å²) in [6, 6.07) is 5.41. The highest BCUT2D eigenvalue weighted by molar-refractivity contribution is 7.13. The van der Waals surface area contributed by atoms with Gasteiger partial charge in [0.15, 0.2) is 5.13 Å². The molecule has 1 amide bonds. The van der Waals surface area contributed by atoms with Crippen molar-refractivity contribution in [2.24, 2.45) is 0 Å². The second kappa shape index (κ2) is 6.90. The molecule has 5 nitrogen and oxygen atoms in total. The van der Waals surface area contributed by atoms with Gasteiger partial charge in [-0.15, -0.1) is 11.3 Å². The molecule has 1 N–H and O–H groups in total. The highest BCUT2D eigenvalue weighted by Crippen LogP contribution is 2.23. The van der Waals surface area contributed by atoms with E-state index in [1.54, 1.807) is 26.4 Å². The molecular weight excluding hydrogens is 288 g/mol. The van der Waals surface area contributed by atoms with Gasteiger partial charge in [0, 0.05) is 17.5 Å². The predicted octanol–water partition coefficient (Wildman–Crippen LogP) is 3.12. The molecule has 0 fully saturated rings. The Kier molecular flexibility index (Phi) is 4.94. The van der Waals surface area contributed by atoms with Crippen molar-refractivity contribution in [1.29, 1.82) is 0 Å². The number of methoxy groups -OCH3 is 2. The lowest BCUT2D eigenvalue weighted by molar-refractivity contribution is -0.111. The van der Waals surface area contributed by atoms with Crippen LogP contribution in [0.25, 0.3) is 6.08 Å². The quantitative estimate of drug-likeness (QED) is 0.862. The van der Waals surface area contributed by atoms with Crippen LogP contribution in [-0.4, -0.2) is 25.1 Å². The van der Waals surface area contributed by atoms with Gasteiger partial charge in [0.05, 0.1) is 19.9 Å².